The van der Waals surface area contributed by atoms with Gasteiger partial charge in [0.05, 0.1) is 0 Å². The molecule has 0 radical (unpaired) electrons. The van der Waals surface area contributed by atoms with Crippen molar-refractivity contribution < 1.29 is 9.32 Å². The molecule has 0 bridgehead atoms. The van der Waals surface area contributed by atoms with Crippen LogP contribution in [-0.2, 0) is 6.42 Å². The van der Waals surface area contributed by atoms with Crippen molar-refractivity contribution in [1.29, 1.82) is 0 Å². The second kappa shape index (κ2) is 6.75. The maximum Gasteiger partial charge on any atom is 0.279 e. The molecule has 6 heteroatoms. The smallest absolute Gasteiger partial charge is 0.279 e. The molecule has 1 N–H and O–H groups in total. The first-order valence-corrected chi connectivity index (χ1v) is 8.20. The van der Waals surface area contributed by atoms with Gasteiger partial charge in [-0.15, -0.1) is 11.3 Å². The molecule has 2 aromatic heterocycles. The molecule has 2 heterocycles. The van der Waals surface area contributed by atoms with Crippen molar-refractivity contribution in [2.45, 2.75) is 26.2 Å². The summed E-state index contributed by atoms with van der Waals surface area (Å²) in [6, 6.07) is 11.8. The summed E-state index contributed by atoms with van der Waals surface area (Å²) >= 11 is 1.46. The molecule has 0 fully saturated rings. The minimum absolute atomic E-state index is 0.196. The molecule has 0 aliphatic carbocycles. The lowest BCUT2D eigenvalue weighted by Gasteiger charge is -1.97. The van der Waals surface area contributed by atoms with Gasteiger partial charge in [0, 0.05) is 29.5 Å². The van der Waals surface area contributed by atoms with Crippen LogP contribution in [0.2, 0.25) is 0 Å². The summed E-state index contributed by atoms with van der Waals surface area (Å²) in [5, 5.41) is 7.13. The lowest BCUT2D eigenvalue weighted by atomic mass is 10.1. The molecule has 0 atom stereocenters. The number of nitrogens with zero attached hydrogens (tertiary/aromatic N) is 2. The molecule has 118 valence electrons. The summed E-state index contributed by atoms with van der Waals surface area (Å²) in [5.74, 6) is 0.585. The van der Waals surface area contributed by atoms with E-state index in [1.807, 2.05) is 32.0 Å². The Bertz CT molecular complexity index is 793. The number of carbonyl (C=O) groups is 1. The topological polar surface area (TPSA) is 68.0 Å². The Kier molecular flexibility index (Phi) is 4.52. The average molecular weight is 327 g/mol. The predicted octanol–water partition coefficient (Wildman–Crippen LogP) is 4.10. The summed E-state index contributed by atoms with van der Waals surface area (Å²) in [6.07, 6.45) is 2.59. The number of anilines is 1. The molecule has 3 aromatic rings. The molecule has 3 rings (SSSR count). The van der Waals surface area contributed by atoms with E-state index in [4.69, 9.17) is 4.52 Å². The van der Waals surface area contributed by atoms with E-state index in [1.54, 1.807) is 12.3 Å². The van der Waals surface area contributed by atoms with Crippen molar-refractivity contribution in [1.82, 2.24) is 10.1 Å². The molecule has 23 heavy (non-hydrogen) atoms. The SMILES string of the molecule is CC(C)c1cc(C(=O)Nc2ncc(Cc3ccccc3)s2)no1. The lowest BCUT2D eigenvalue weighted by molar-refractivity contribution is 0.101. The van der Waals surface area contributed by atoms with E-state index in [-0.39, 0.29) is 17.5 Å². The minimum Gasteiger partial charge on any atom is -0.360 e. The highest BCUT2D eigenvalue weighted by Gasteiger charge is 2.16. The van der Waals surface area contributed by atoms with Gasteiger partial charge in [-0.2, -0.15) is 0 Å². The maximum atomic E-state index is 12.2. The number of rotatable bonds is 5. The first-order chi connectivity index (χ1) is 11.1. The van der Waals surface area contributed by atoms with Gasteiger partial charge in [-0.25, -0.2) is 4.98 Å². The van der Waals surface area contributed by atoms with Gasteiger partial charge in [-0.1, -0.05) is 49.3 Å². The van der Waals surface area contributed by atoms with Crippen molar-refractivity contribution in [3.63, 3.8) is 0 Å². The van der Waals surface area contributed by atoms with Crippen LogP contribution in [0.25, 0.3) is 0 Å². The van der Waals surface area contributed by atoms with Crippen LogP contribution in [0.4, 0.5) is 5.13 Å². The van der Waals surface area contributed by atoms with Crippen LogP contribution >= 0.6 is 11.3 Å². The van der Waals surface area contributed by atoms with E-state index in [0.29, 0.717) is 10.9 Å². The third-order valence-electron chi connectivity index (χ3n) is 3.33. The van der Waals surface area contributed by atoms with Gasteiger partial charge in [0.25, 0.3) is 5.91 Å². The molecule has 5 nitrogen and oxygen atoms in total. The lowest BCUT2D eigenvalue weighted by Crippen LogP contribution is -2.11. The van der Waals surface area contributed by atoms with Gasteiger partial charge >= 0.3 is 0 Å². The maximum absolute atomic E-state index is 12.2. The standard InChI is InChI=1S/C17H17N3O2S/c1-11(2)15-9-14(20-22-15)16(21)19-17-18-10-13(23-17)8-12-6-4-3-5-7-12/h3-7,9-11H,8H2,1-2H3,(H,18,19,21). The van der Waals surface area contributed by atoms with Gasteiger partial charge in [-0.3, -0.25) is 10.1 Å². The van der Waals surface area contributed by atoms with Crippen LogP contribution in [0.3, 0.4) is 0 Å². The predicted molar refractivity (Wildman–Crippen MR) is 89.9 cm³/mol. The van der Waals surface area contributed by atoms with Crippen molar-refractivity contribution in [2.24, 2.45) is 0 Å². The molecular weight excluding hydrogens is 310 g/mol. The van der Waals surface area contributed by atoms with Crippen LogP contribution in [-0.4, -0.2) is 16.0 Å². The minimum atomic E-state index is -0.304. The van der Waals surface area contributed by atoms with E-state index in [2.05, 4.69) is 27.6 Å². The van der Waals surface area contributed by atoms with E-state index in [1.165, 1.54) is 16.9 Å². The van der Waals surface area contributed by atoms with Gasteiger partial charge in [-0.05, 0) is 5.56 Å². The third-order valence-corrected chi connectivity index (χ3v) is 4.24. The third kappa shape index (κ3) is 3.84. The summed E-state index contributed by atoms with van der Waals surface area (Å²) in [6.45, 7) is 3.97. The monoisotopic (exact) mass is 327 g/mol. The molecule has 1 amide bonds. The zero-order chi connectivity index (χ0) is 16.2. The van der Waals surface area contributed by atoms with Crippen LogP contribution in [0.15, 0.2) is 47.1 Å². The summed E-state index contributed by atoms with van der Waals surface area (Å²) < 4.78 is 5.14. The molecule has 0 spiro atoms. The zero-order valence-electron chi connectivity index (χ0n) is 12.9. The second-order valence-electron chi connectivity index (χ2n) is 5.52. The molecular formula is C17H17N3O2S. The molecule has 0 saturated heterocycles. The highest BCUT2D eigenvalue weighted by molar-refractivity contribution is 7.15. The van der Waals surface area contributed by atoms with Crippen molar-refractivity contribution in [2.75, 3.05) is 5.32 Å². The number of hydrogen-bond donors (Lipinski definition) is 1. The van der Waals surface area contributed by atoms with Gasteiger partial charge in [0.15, 0.2) is 10.8 Å². The Balaban J connectivity index is 1.65. The number of amides is 1. The van der Waals surface area contributed by atoms with E-state index < -0.39 is 0 Å². The van der Waals surface area contributed by atoms with Crippen LogP contribution in [0, 0.1) is 0 Å². The first kappa shape index (κ1) is 15.4. The summed E-state index contributed by atoms with van der Waals surface area (Å²) in [4.78, 5) is 17.5. The van der Waals surface area contributed by atoms with Gasteiger partial charge in [0.2, 0.25) is 0 Å². The highest BCUT2D eigenvalue weighted by Crippen LogP contribution is 2.22. The fraction of sp³-hybridized carbons (Fsp3) is 0.235. The number of carbonyl (C=O) groups excluding carboxylic acids is 1. The average Bonchev–Trinajstić information content (AvgIpc) is 3.18. The number of benzene rings is 1. The fourth-order valence-corrected chi connectivity index (χ4v) is 2.92. The quantitative estimate of drug-likeness (QED) is 0.766. The van der Waals surface area contributed by atoms with Crippen molar-refractivity contribution in [3.8, 4) is 0 Å². The summed E-state index contributed by atoms with van der Waals surface area (Å²) in [5.41, 5.74) is 1.49. The van der Waals surface area contributed by atoms with Crippen molar-refractivity contribution in [3.05, 3.63) is 64.5 Å². The largest absolute Gasteiger partial charge is 0.360 e. The Morgan fingerprint density at radius 2 is 2.09 bits per heavy atom. The molecule has 1 aromatic carbocycles. The first-order valence-electron chi connectivity index (χ1n) is 7.38. The molecule has 0 unspecified atom stereocenters. The zero-order valence-corrected chi connectivity index (χ0v) is 13.8. The Hall–Kier alpha value is -2.47. The molecule has 0 aliphatic heterocycles. The Morgan fingerprint density at radius 1 is 1.30 bits per heavy atom. The molecule has 0 saturated carbocycles. The van der Waals surface area contributed by atoms with E-state index in [9.17, 15) is 4.79 Å². The number of aromatic nitrogens is 2. The van der Waals surface area contributed by atoms with Crippen molar-refractivity contribution >= 4 is 22.4 Å². The number of thiazole rings is 1. The van der Waals surface area contributed by atoms with Crippen LogP contribution in [0.5, 0.6) is 0 Å². The normalized spacial score (nSPS) is 10.9. The van der Waals surface area contributed by atoms with E-state index >= 15 is 0 Å². The second-order valence-corrected chi connectivity index (χ2v) is 6.63. The molecule has 0 aliphatic rings. The number of nitrogens with one attached hydrogen (secondary N) is 1. The van der Waals surface area contributed by atoms with E-state index in [0.717, 1.165) is 11.3 Å². The van der Waals surface area contributed by atoms with Crippen LogP contribution in [0.1, 0.15) is 46.5 Å². The number of hydrogen-bond acceptors (Lipinski definition) is 5. The highest BCUT2D eigenvalue weighted by atomic mass is 32.1. The fourth-order valence-electron chi connectivity index (χ4n) is 2.07. The van der Waals surface area contributed by atoms with Crippen LogP contribution < -0.4 is 5.32 Å². The van der Waals surface area contributed by atoms with Gasteiger partial charge < -0.3 is 4.52 Å². The summed E-state index contributed by atoms with van der Waals surface area (Å²) in [7, 11) is 0. The Morgan fingerprint density at radius 3 is 2.78 bits per heavy atom. The van der Waals surface area contributed by atoms with Gasteiger partial charge in [0.1, 0.15) is 5.76 Å². The Labute approximate surface area is 138 Å².